The average molecular weight is 315 g/mol. The first-order valence-corrected chi connectivity index (χ1v) is 7.50. The highest BCUT2D eigenvalue weighted by molar-refractivity contribution is 7.10. The number of ketones is 1. The lowest BCUT2D eigenvalue weighted by molar-refractivity contribution is -0.133. The summed E-state index contributed by atoms with van der Waals surface area (Å²) in [6.45, 7) is 5.15. The summed E-state index contributed by atoms with van der Waals surface area (Å²) in [7, 11) is 0. The summed E-state index contributed by atoms with van der Waals surface area (Å²) >= 11 is 1.20. The lowest BCUT2D eigenvalue weighted by Crippen LogP contribution is -2.47. The molecule has 1 saturated heterocycles. The molecule has 2 heterocycles. The van der Waals surface area contributed by atoms with Gasteiger partial charge in [0.05, 0.1) is 10.9 Å². The first-order valence-electron chi connectivity index (χ1n) is 6.62. The van der Waals surface area contributed by atoms with Gasteiger partial charge >= 0.3 is 6.09 Å². The van der Waals surface area contributed by atoms with Gasteiger partial charge in [-0.2, -0.15) is 0 Å². The first kappa shape index (κ1) is 15.9. The molecule has 1 aliphatic rings. The van der Waals surface area contributed by atoms with E-state index >= 15 is 0 Å². The lowest BCUT2D eigenvalue weighted by Gasteiger charge is -2.31. The SMILES string of the molecule is CC(C)(C)OC(=O)NC1CC(=O)COC1c1sccc1F. The molecule has 116 valence electrons. The van der Waals surface area contributed by atoms with Crippen molar-refractivity contribution in [2.45, 2.75) is 44.9 Å². The van der Waals surface area contributed by atoms with E-state index in [0.29, 0.717) is 4.88 Å². The molecule has 5 nitrogen and oxygen atoms in total. The lowest BCUT2D eigenvalue weighted by atomic mass is 10.0. The summed E-state index contributed by atoms with van der Waals surface area (Å²) in [5.41, 5.74) is -0.646. The maximum Gasteiger partial charge on any atom is 0.407 e. The molecule has 0 aromatic carbocycles. The van der Waals surface area contributed by atoms with E-state index in [9.17, 15) is 14.0 Å². The van der Waals surface area contributed by atoms with Crippen molar-refractivity contribution >= 4 is 23.2 Å². The van der Waals surface area contributed by atoms with Gasteiger partial charge in [-0.15, -0.1) is 11.3 Å². The maximum atomic E-state index is 13.7. The predicted molar refractivity (Wildman–Crippen MR) is 75.8 cm³/mol. The van der Waals surface area contributed by atoms with Gasteiger partial charge in [0.2, 0.25) is 0 Å². The summed E-state index contributed by atoms with van der Waals surface area (Å²) in [5, 5.41) is 4.21. The van der Waals surface area contributed by atoms with Crippen LogP contribution in [0.2, 0.25) is 0 Å². The Hall–Kier alpha value is -1.47. The van der Waals surface area contributed by atoms with Gasteiger partial charge in [0.15, 0.2) is 5.78 Å². The number of carbonyl (C=O) groups is 2. The van der Waals surface area contributed by atoms with Gasteiger partial charge in [-0.3, -0.25) is 4.79 Å². The molecular weight excluding hydrogens is 297 g/mol. The Morgan fingerprint density at radius 3 is 2.81 bits per heavy atom. The zero-order valence-electron chi connectivity index (χ0n) is 12.1. The summed E-state index contributed by atoms with van der Waals surface area (Å²) in [5.74, 6) is -0.528. The van der Waals surface area contributed by atoms with E-state index in [-0.39, 0.29) is 18.8 Å². The van der Waals surface area contributed by atoms with Crippen LogP contribution in [-0.2, 0) is 14.3 Å². The second kappa shape index (κ2) is 6.11. The number of thiophene rings is 1. The predicted octanol–water partition coefficient (Wildman–Crippen LogP) is 2.81. The largest absolute Gasteiger partial charge is 0.444 e. The Balaban J connectivity index is 2.11. The van der Waals surface area contributed by atoms with Crippen LogP contribution < -0.4 is 5.32 Å². The van der Waals surface area contributed by atoms with Gasteiger partial charge in [-0.1, -0.05) is 0 Å². The van der Waals surface area contributed by atoms with Crippen molar-refractivity contribution in [3.8, 4) is 0 Å². The van der Waals surface area contributed by atoms with Gasteiger partial charge in [-0.05, 0) is 32.2 Å². The molecule has 1 N–H and O–H groups in total. The minimum atomic E-state index is -0.671. The van der Waals surface area contributed by atoms with Crippen molar-refractivity contribution in [2.75, 3.05) is 6.61 Å². The number of ether oxygens (including phenoxy) is 2. The van der Waals surface area contributed by atoms with E-state index < -0.39 is 29.7 Å². The number of amides is 1. The fourth-order valence-corrected chi connectivity index (χ4v) is 2.94. The molecule has 1 fully saturated rings. The fourth-order valence-electron chi connectivity index (χ4n) is 2.06. The minimum absolute atomic E-state index is 0.0749. The third kappa shape index (κ3) is 4.25. The molecule has 0 spiro atoms. The molecule has 0 bridgehead atoms. The number of nitrogens with one attached hydrogen (secondary N) is 1. The van der Waals surface area contributed by atoms with Crippen molar-refractivity contribution in [3.05, 3.63) is 22.1 Å². The zero-order chi connectivity index (χ0) is 15.6. The summed E-state index contributed by atoms with van der Waals surface area (Å²) in [6.07, 6.45) is -1.22. The van der Waals surface area contributed by atoms with Crippen LogP contribution in [0.4, 0.5) is 9.18 Å². The van der Waals surface area contributed by atoms with Crippen molar-refractivity contribution in [1.29, 1.82) is 0 Å². The van der Waals surface area contributed by atoms with Crippen LogP contribution in [0.1, 0.15) is 38.2 Å². The Morgan fingerprint density at radius 1 is 1.52 bits per heavy atom. The highest BCUT2D eigenvalue weighted by atomic mass is 32.1. The van der Waals surface area contributed by atoms with Gasteiger partial charge in [0, 0.05) is 6.42 Å². The third-order valence-corrected chi connectivity index (χ3v) is 3.80. The number of rotatable bonds is 2. The van der Waals surface area contributed by atoms with Gasteiger partial charge < -0.3 is 14.8 Å². The molecule has 7 heteroatoms. The summed E-state index contributed by atoms with van der Waals surface area (Å²) < 4.78 is 24.3. The monoisotopic (exact) mass is 315 g/mol. The van der Waals surface area contributed by atoms with Gasteiger partial charge in [0.25, 0.3) is 0 Å². The Morgan fingerprint density at radius 2 is 2.24 bits per heavy atom. The number of hydrogen-bond donors (Lipinski definition) is 1. The first-order chi connectivity index (χ1) is 9.76. The van der Waals surface area contributed by atoms with E-state index in [2.05, 4.69) is 5.32 Å². The number of hydrogen-bond acceptors (Lipinski definition) is 5. The fraction of sp³-hybridized carbons (Fsp3) is 0.571. The van der Waals surface area contributed by atoms with Crippen LogP contribution in [0.15, 0.2) is 11.4 Å². The van der Waals surface area contributed by atoms with E-state index in [4.69, 9.17) is 9.47 Å². The normalized spacial score (nSPS) is 23.0. The average Bonchev–Trinajstić information content (AvgIpc) is 2.73. The van der Waals surface area contributed by atoms with Gasteiger partial charge in [-0.25, -0.2) is 9.18 Å². The van der Waals surface area contributed by atoms with Crippen molar-refractivity contribution < 1.29 is 23.5 Å². The van der Waals surface area contributed by atoms with E-state index in [1.54, 1.807) is 26.2 Å². The van der Waals surface area contributed by atoms with Crippen LogP contribution in [0.5, 0.6) is 0 Å². The van der Waals surface area contributed by atoms with Crippen molar-refractivity contribution in [2.24, 2.45) is 0 Å². The van der Waals surface area contributed by atoms with Crippen LogP contribution in [0.25, 0.3) is 0 Å². The summed E-state index contributed by atoms with van der Waals surface area (Å²) in [4.78, 5) is 23.8. The highest BCUT2D eigenvalue weighted by Gasteiger charge is 2.35. The second-order valence-electron chi connectivity index (χ2n) is 5.86. The molecule has 21 heavy (non-hydrogen) atoms. The Bertz CT molecular complexity index is 537. The standard InChI is InChI=1S/C14H18FNO4S/c1-14(2,3)20-13(18)16-10-6-8(17)7-19-11(10)12-9(15)4-5-21-12/h4-5,10-11H,6-7H2,1-3H3,(H,16,18). The van der Waals surface area contributed by atoms with Crippen LogP contribution in [0, 0.1) is 5.82 Å². The Kier molecular flexibility index (Phi) is 4.63. The molecule has 0 saturated carbocycles. The molecule has 1 aliphatic heterocycles. The number of carbonyl (C=O) groups excluding carboxylic acids is 2. The smallest absolute Gasteiger partial charge is 0.407 e. The third-order valence-electron chi connectivity index (χ3n) is 2.84. The quantitative estimate of drug-likeness (QED) is 0.911. The van der Waals surface area contributed by atoms with E-state index in [0.717, 1.165) is 0 Å². The summed E-state index contributed by atoms with van der Waals surface area (Å²) in [6, 6.07) is 0.707. The molecule has 1 amide bonds. The molecular formula is C14H18FNO4S. The number of alkyl carbamates (subject to hydrolysis) is 1. The van der Waals surface area contributed by atoms with Gasteiger partial charge in [0.1, 0.15) is 24.1 Å². The van der Waals surface area contributed by atoms with Crippen LogP contribution in [-0.4, -0.2) is 30.1 Å². The number of Topliss-reactive ketones (excluding diaryl/α,β-unsaturated/α-hetero) is 1. The zero-order valence-corrected chi connectivity index (χ0v) is 13.0. The molecule has 1 aromatic heterocycles. The van der Waals surface area contributed by atoms with Crippen molar-refractivity contribution in [1.82, 2.24) is 5.32 Å². The highest BCUT2D eigenvalue weighted by Crippen LogP contribution is 2.32. The topological polar surface area (TPSA) is 64.6 Å². The molecule has 2 rings (SSSR count). The molecule has 0 aliphatic carbocycles. The maximum absolute atomic E-state index is 13.7. The number of halogens is 1. The molecule has 0 radical (unpaired) electrons. The van der Waals surface area contributed by atoms with Crippen LogP contribution >= 0.6 is 11.3 Å². The Labute approximate surface area is 126 Å². The van der Waals surface area contributed by atoms with Crippen molar-refractivity contribution in [3.63, 3.8) is 0 Å². The van der Waals surface area contributed by atoms with E-state index in [1.165, 1.54) is 17.4 Å². The minimum Gasteiger partial charge on any atom is -0.444 e. The van der Waals surface area contributed by atoms with Crippen LogP contribution in [0.3, 0.4) is 0 Å². The molecule has 2 atom stereocenters. The molecule has 2 unspecified atom stereocenters. The second-order valence-corrected chi connectivity index (χ2v) is 6.81. The molecule has 1 aromatic rings. The van der Waals surface area contributed by atoms with E-state index in [1.807, 2.05) is 0 Å².